The highest BCUT2D eigenvalue weighted by atomic mass is 35.5. The van der Waals surface area contributed by atoms with E-state index in [1.54, 1.807) is 30.2 Å². The molecule has 2 aromatic carbocycles. The van der Waals surface area contributed by atoms with Crippen molar-refractivity contribution in [1.29, 1.82) is 0 Å². The van der Waals surface area contributed by atoms with Gasteiger partial charge < -0.3 is 19.4 Å². The summed E-state index contributed by atoms with van der Waals surface area (Å²) < 4.78 is 11.1. The number of halogens is 1. The van der Waals surface area contributed by atoms with Gasteiger partial charge in [-0.05, 0) is 30.3 Å². The second-order valence-corrected chi connectivity index (χ2v) is 7.05. The Labute approximate surface area is 167 Å². The van der Waals surface area contributed by atoms with E-state index < -0.39 is 0 Å². The third-order valence-corrected chi connectivity index (χ3v) is 4.99. The summed E-state index contributed by atoms with van der Waals surface area (Å²) in [4.78, 5) is 21.1. The Morgan fingerprint density at radius 2 is 2.00 bits per heavy atom. The molecule has 2 amide bonds. The third kappa shape index (κ3) is 4.05. The molecule has 7 nitrogen and oxygen atoms in total. The molecule has 0 bridgehead atoms. The van der Waals surface area contributed by atoms with E-state index in [1.165, 1.54) is 0 Å². The average molecular weight is 401 g/mol. The summed E-state index contributed by atoms with van der Waals surface area (Å²) >= 11 is 6.03. The summed E-state index contributed by atoms with van der Waals surface area (Å²) in [6.07, 6.45) is 0. The van der Waals surface area contributed by atoms with Gasteiger partial charge in [0.2, 0.25) is 5.89 Å². The minimum absolute atomic E-state index is 0.165. The number of oxazole rings is 1. The van der Waals surface area contributed by atoms with Gasteiger partial charge in [0.25, 0.3) is 0 Å². The number of fused-ring (bicyclic) bond motifs is 1. The number of piperazine rings is 1. The van der Waals surface area contributed by atoms with Gasteiger partial charge in [0.15, 0.2) is 5.58 Å². The summed E-state index contributed by atoms with van der Waals surface area (Å²) in [5, 5.41) is 3.42. The molecule has 0 atom stereocenters. The van der Waals surface area contributed by atoms with E-state index in [9.17, 15) is 4.79 Å². The van der Waals surface area contributed by atoms with Gasteiger partial charge in [0.05, 0.1) is 19.3 Å². The van der Waals surface area contributed by atoms with Crippen LogP contribution >= 0.6 is 11.6 Å². The number of anilines is 1. The van der Waals surface area contributed by atoms with Crippen LogP contribution in [0.1, 0.15) is 5.89 Å². The van der Waals surface area contributed by atoms with Gasteiger partial charge in [-0.2, -0.15) is 0 Å². The lowest BCUT2D eigenvalue weighted by molar-refractivity contribution is 0.136. The molecular weight excluding hydrogens is 380 g/mol. The number of nitrogens with one attached hydrogen (secondary N) is 1. The van der Waals surface area contributed by atoms with Crippen molar-refractivity contribution in [3.05, 3.63) is 53.4 Å². The molecule has 1 saturated heterocycles. The highest BCUT2D eigenvalue weighted by molar-refractivity contribution is 6.31. The maximum absolute atomic E-state index is 12.6. The molecule has 0 saturated carbocycles. The predicted molar refractivity (Wildman–Crippen MR) is 108 cm³/mol. The Hall–Kier alpha value is -2.77. The first kappa shape index (κ1) is 18.6. The Balaban J connectivity index is 1.33. The summed E-state index contributed by atoms with van der Waals surface area (Å²) in [6, 6.07) is 12.7. The second kappa shape index (κ2) is 8.08. The first-order chi connectivity index (χ1) is 13.6. The molecule has 1 aromatic heterocycles. The minimum atomic E-state index is -0.165. The lowest BCUT2D eigenvalue weighted by Crippen LogP contribution is -2.49. The molecule has 8 heteroatoms. The number of nitrogens with zero attached hydrogens (tertiary/aromatic N) is 3. The Morgan fingerprint density at radius 1 is 1.21 bits per heavy atom. The number of methoxy groups -OCH3 is 1. The van der Waals surface area contributed by atoms with E-state index in [1.807, 2.05) is 24.3 Å². The number of aromatic nitrogens is 1. The zero-order valence-electron chi connectivity index (χ0n) is 15.5. The van der Waals surface area contributed by atoms with E-state index in [0.29, 0.717) is 42.0 Å². The van der Waals surface area contributed by atoms with Crippen LogP contribution in [0.15, 0.2) is 46.9 Å². The third-order valence-electron chi connectivity index (χ3n) is 4.76. The average Bonchev–Trinajstić information content (AvgIpc) is 3.11. The van der Waals surface area contributed by atoms with Crippen molar-refractivity contribution in [3.8, 4) is 5.75 Å². The number of hydrogen-bond acceptors (Lipinski definition) is 5. The lowest BCUT2D eigenvalue weighted by Gasteiger charge is -2.34. The van der Waals surface area contributed by atoms with Crippen molar-refractivity contribution in [1.82, 2.24) is 14.8 Å². The van der Waals surface area contributed by atoms with E-state index in [2.05, 4.69) is 15.2 Å². The molecule has 1 aliphatic rings. The number of benzene rings is 2. The van der Waals surface area contributed by atoms with Crippen molar-refractivity contribution in [2.24, 2.45) is 0 Å². The number of carbonyl (C=O) groups excluding carboxylic acids is 1. The molecule has 1 aliphatic heterocycles. The van der Waals surface area contributed by atoms with Gasteiger partial charge >= 0.3 is 6.03 Å². The molecule has 3 aromatic rings. The lowest BCUT2D eigenvalue weighted by atomic mass is 10.3. The molecular formula is C20H21ClN4O3. The summed E-state index contributed by atoms with van der Waals surface area (Å²) in [6.45, 7) is 3.37. The Kier molecular flexibility index (Phi) is 5.36. The quantitative estimate of drug-likeness (QED) is 0.720. The SMILES string of the molecule is COc1ccc(Cl)cc1NC(=O)N1CCN(Cc2nc3ccccc3o2)CC1. The van der Waals surface area contributed by atoms with Gasteiger partial charge in [0, 0.05) is 31.2 Å². The molecule has 0 unspecified atom stereocenters. The van der Waals surface area contributed by atoms with Crippen LogP contribution in [0, 0.1) is 0 Å². The maximum Gasteiger partial charge on any atom is 0.322 e. The first-order valence-electron chi connectivity index (χ1n) is 9.08. The fraction of sp³-hybridized carbons (Fsp3) is 0.300. The highest BCUT2D eigenvalue weighted by Crippen LogP contribution is 2.28. The molecule has 0 spiro atoms. The van der Waals surface area contributed by atoms with Crippen LogP contribution in [-0.4, -0.2) is 54.1 Å². The van der Waals surface area contributed by atoms with E-state index >= 15 is 0 Å². The molecule has 0 aliphatic carbocycles. The van der Waals surface area contributed by atoms with E-state index in [0.717, 1.165) is 24.2 Å². The monoisotopic (exact) mass is 400 g/mol. The number of ether oxygens (including phenoxy) is 1. The fourth-order valence-electron chi connectivity index (χ4n) is 3.26. The maximum atomic E-state index is 12.6. The topological polar surface area (TPSA) is 70.8 Å². The van der Waals surface area contributed by atoms with Gasteiger partial charge in [0.1, 0.15) is 11.3 Å². The Bertz CT molecular complexity index is 949. The largest absolute Gasteiger partial charge is 0.495 e. The molecule has 1 fully saturated rings. The first-order valence-corrected chi connectivity index (χ1v) is 9.46. The van der Waals surface area contributed by atoms with Gasteiger partial charge in [-0.25, -0.2) is 9.78 Å². The van der Waals surface area contributed by atoms with E-state index in [-0.39, 0.29) is 6.03 Å². The van der Waals surface area contributed by atoms with Crippen LogP contribution in [0.5, 0.6) is 5.75 Å². The van der Waals surface area contributed by atoms with Crippen LogP contribution < -0.4 is 10.1 Å². The standard InChI is InChI=1S/C20H21ClN4O3/c1-27-17-7-6-14(21)12-16(17)23-20(26)25-10-8-24(9-11-25)13-19-22-15-4-2-3-5-18(15)28-19/h2-7,12H,8-11,13H2,1H3,(H,23,26). The molecule has 4 rings (SSSR count). The zero-order chi connectivity index (χ0) is 19.5. The number of urea groups is 1. The van der Waals surface area contributed by atoms with Crippen LogP contribution in [0.4, 0.5) is 10.5 Å². The van der Waals surface area contributed by atoms with Gasteiger partial charge in [-0.3, -0.25) is 4.90 Å². The van der Waals surface area contributed by atoms with Crippen LogP contribution in [-0.2, 0) is 6.54 Å². The predicted octanol–water partition coefficient (Wildman–Crippen LogP) is 3.84. The number of para-hydroxylation sites is 2. The Morgan fingerprint density at radius 3 is 2.75 bits per heavy atom. The van der Waals surface area contributed by atoms with Crippen molar-refractivity contribution in [3.63, 3.8) is 0 Å². The van der Waals surface area contributed by atoms with Crippen molar-refractivity contribution in [2.75, 3.05) is 38.6 Å². The fourth-order valence-corrected chi connectivity index (χ4v) is 3.43. The van der Waals surface area contributed by atoms with Crippen LogP contribution in [0.25, 0.3) is 11.1 Å². The zero-order valence-corrected chi connectivity index (χ0v) is 16.3. The second-order valence-electron chi connectivity index (χ2n) is 6.61. The molecule has 1 N–H and O–H groups in total. The number of carbonyl (C=O) groups is 1. The van der Waals surface area contributed by atoms with Crippen molar-refractivity contribution in [2.45, 2.75) is 6.54 Å². The molecule has 2 heterocycles. The summed E-state index contributed by atoms with van der Waals surface area (Å²) in [5.74, 6) is 1.27. The normalized spacial score (nSPS) is 15.0. The molecule has 146 valence electrons. The molecule has 28 heavy (non-hydrogen) atoms. The smallest absolute Gasteiger partial charge is 0.322 e. The number of amides is 2. The van der Waals surface area contributed by atoms with Crippen LogP contribution in [0.3, 0.4) is 0 Å². The number of rotatable bonds is 4. The summed E-state index contributed by atoms with van der Waals surface area (Å²) in [7, 11) is 1.56. The van der Waals surface area contributed by atoms with Crippen molar-refractivity contribution < 1.29 is 13.9 Å². The van der Waals surface area contributed by atoms with Gasteiger partial charge in [-0.15, -0.1) is 0 Å². The number of hydrogen-bond donors (Lipinski definition) is 1. The minimum Gasteiger partial charge on any atom is -0.495 e. The van der Waals surface area contributed by atoms with Gasteiger partial charge in [-0.1, -0.05) is 23.7 Å². The van der Waals surface area contributed by atoms with Crippen LogP contribution in [0.2, 0.25) is 5.02 Å². The van der Waals surface area contributed by atoms with Crippen molar-refractivity contribution >= 4 is 34.4 Å². The highest BCUT2D eigenvalue weighted by Gasteiger charge is 2.23. The summed E-state index contributed by atoms with van der Waals surface area (Å²) in [5.41, 5.74) is 2.23. The molecule has 0 radical (unpaired) electrons. The van der Waals surface area contributed by atoms with E-state index in [4.69, 9.17) is 20.8 Å².